The van der Waals surface area contributed by atoms with Crippen molar-refractivity contribution in [2.24, 2.45) is 11.3 Å². The zero-order valence-electron chi connectivity index (χ0n) is 12.3. The minimum absolute atomic E-state index is 0.0367. The summed E-state index contributed by atoms with van der Waals surface area (Å²) in [6.07, 6.45) is 9.82. The van der Waals surface area contributed by atoms with Crippen molar-refractivity contribution in [2.75, 3.05) is 19.6 Å². The first kappa shape index (κ1) is 13.4. The highest BCUT2D eigenvalue weighted by molar-refractivity contribution is 5.82. The zero-order chi connectivity index (χ0) is 13.3. The highest BCUT2D eigenvalue weighted by atomic mass is 16.2. The third-order valence-corrected chi connectivity index (χ3v) is 5.64. The summed E-state index contributed by atoms with van der Waals surface area (Å²) >= 11 is 0. The molecular formula is C16H28N2O. The molecule has 3 nitrogen and oxygen atoms in total. The zero-order valence-corrected chi connectivity index (χ0v) is 12.3. The fourth-order valence-corrected chi connectivity index (χ4v) is 4.39. The Bertz CT molecular complexity index is 330. The molecule has 2 aliphatic heterocycles. The number of nitrogens with one attached hydrogen (secondary N) is 1. The van der Waals surface area contributed by atoms with Crippen LogP contribution in [0.3, 0.4) is 0 Å². The van der Waals surface area contributed by atoms with Gasteiger partial charge in [-0.05, 0) is 51.0 Å². The van der Waals surface area contributed by atoms with Gasteiger partial charge in [-0.2, -0.15) is 0 Å². The number of hydrogen-bond acceptors (Lipinski definition) is 2. The maximum Gasteiger partial charge on any atom is 0.228 e. The van der Waals surface area contributed by atoms with Crippen LogP contribution in [-0.2, 0) is 4.79 Å². The Hall–Kier alpha value is -0.570. The lowest BCUT2D eigenvalue weighted by Crippen LogP contribution is -2.49. The Morgan fingerprint density at radius 3 is 2.63 bits per heavy atom. The lowest BCUT2D eigenvalue weighted by molar-refractivity contribution is -0.143. The fourth-order valence-electron chi connectivity index (χ4n) is 4.39. The number of nitrogens with zero attached hydrogens (tertiary/aromatic N) is 1. The van der Waals surface area contributed by atoms with Crippen LogP contribution >= 0.6 is 0 Å². The number of carbonyl (C=O) groups is 1. The second-order valence-corrected chi connectivity index (χ2v) is 7.12. The van der Waals surface area contributed by atoms with Crippen LogP contribution in [0.2, 0.25) is 0 Å². The van der Waals surface area contributed by atoms with Gasteiger partial charge in [0.2, 0.25) is 5.91 Å². The maximum absolute atomic E-state index is 12.8. The van der Waals surface area contributed by atoms with E-state index in [1.807, 2.05) is 0 Å². The van der Waals surface area contributed by atoms with E-state index in [4.69, 9.17) is 0 Å². The van der Waals surface area contributed by atoms with Crippen LogP contribution in [0, 0.1) is 11.3 Å². The van der Waals surface area contributed by atoms with Gasteiger partial charge in [-0.1, -0.05) is 19.8 Å². The van der Waals surface area contributed by atoms with E-state index in [1.54, 1.807) is 0 Å². The average Bonchev–Trinajstić information content (AvgIpc) is 3.10. The maximum atomic E-state index is 12.8. The standard InChI is InChI=1S/C16H28N2O/c1-16(8-2-3-9-16)15(19)18-11-5-6-13(12-18)14-7-4-10-17-14/h13-14,17H,2-12H2,1H3. The van der Waals surface area contributed by atoms with Crippen molar-refractivity contribution < 1.29 is 4.79 Å². The predicted molar refractivity (Wildman–Crippen MR) is 76.9 cm³/mol. The van der Waals surface area contributed by atoms with Crippen LogP contribution in [0.5, 0.6) is 0 Å². The number of amides is 1. The molecule has 1 N–H and O–H groups in total. The van der Waals surface area contributed by atoms with Gasteiger partial charge in [0.05, 0.1) is 0 Å². The molecular weight excluding hydrogens is 236 g/mol. The SMILES string of the molecule is CC1(C(=O)N2CCCC(C3CCCN3)C2)CCCC1. The predicted octanol–water partition coefficient (Wildman–Crippen LogP) is 2.56. The minimum atomic E-state index is -0.0367. The van der Waals surface area contributed by atoms with Gasteiger partial charge in [0.25, 0.3) is 0 Å². The summed E-state index contributed by atoms with van der Waals surface area (Å²) in [7, 11) is 0. The van der Waals surface area contributed by atoms with Crippen LogP contribution in [0.15, 0.2) is 0 Å². The Balaban J connectivity index is 1.62. The summed E-state index contributed by atoms with van der Waals surface area (Å²) in [6, 6.07) is 0.673. The highest BCUT2D eigenvalue weighted by Crippen LogP contribution is 2.40. The first-order chi connectivity index (χ1) is 9.19. The molecule has 0 radical (unpaired) electrons. The van der Waals surface area contributed by atoms with Gasteiger partial charge >= 0.3 is 0 Å². The van der Waals surface area contributed by atoms with Crippen molar-refractivity contribution in [3.63, 3.8) is 0 Å². The smallest absolute Gasteiger partial charge is 0.228 e. The Morgan fingerprint density at radius 1 is 1.16 bits per heavy atom. The van der Waals surface area contributed by atoms with Gasteiger partial charge in [-0.3, -0.25) is 4.79 Å². The highest BCUT2D eigenvalue weighted by Gasteiger charge is 2.41. The van der Waals surface area contributed by atoms with Crippen LogP contribution in [0.1, 0.15) is 58.3 Å². The number of likely N-dealkylation sites (tertiary alicyclic amines) is 1. The second-order valence-electron chi connectivity index (χ2n) is 7.12. The fraction of sp³-hybridized carbons (Fsp3) is 0.938. The molecule has 0 bridgehead atoms. The van der Waals surface area contributed by atoms with Crippen LogP contribution in [0.4, 0.5) is 0 Å². The molecule has 2 heterocycles. The summed E-state index contributed by atoms with van der Waals surface area (Å²) in [5.41, 5.74) is -0.0367. The van der Waals surface area contributed by atoms with Crippen molar-refractivity contribution in [2.45, 2.75) is 64.3 Å². The largest absolute Gasteiger partial charge is 0.342 e. The van der Waals surface area contributed by atoms with Crippen molar-refractivity contribution in [1.82, 2.24) is 10.2 Å². The van der Waals surface area contributed by atoms with Crippen molar-refractivity contribution >= 4 is 5.91 Å². The molecule has 2 atom stereocenters. The minimum Gasteiger partial charge on any atom is -0.342 e. The molecule has 1 saturated carbocycles. The van der Waals surface area contributed by atoms with Crippen molar-refractivity contribution in [1.29, 1.82) is 0 Å². The van der Waals surface area contributed by atoms with Gasteiger partial charge < -0.3 is 10.2 Å². The van der Waals surface area contributed by atoms with E-state index < -0.39 is 0 Å². The number of piperidine rings is 1. The summed E-state index contributed by atoms with van der Waals surface area (Å²) in [5, 5.41) is 3.63. The van der Waals surface area contributed by atoms with E-state index in [-0.39, 0.29) is 5.41 Å². The second kappa shape index (κ2) is 5.43. The van der Waals surface area contributed by atoms with Gasteiger partial charge in [0.1, 0.15) is 0 Å². The molecule has 0 aromatic rings. The Morgan fingerprint density at radius 2 is 1.95 bits per heavy atom. The molecule has 1 amide bonds. The van der Waals surface area contributed by atoms with Crippen LogP contribution < -0.4 is 5.32 Å². The number of carbonyl (C=O) groups excluding carboxylic acids is 1. The van der Waals surface area contributed by atoms with Crippen molar-refractivity contribution in [3.05, 3.63) is 0 Å². The lowest BCUT2D eigenvalue weighted by atomic mass is 9.84. The molecule has 1 aliphatic carbocycles. The molecule has 19 heavy (non-hydrogen) atoms. The number of rotatable bonds is 2. The first-order valence-corrected chi connectivity index (χ1v) is 8.22. The summed E-state index contributed by atoms with van der Waals surface area (Å²) in [4.78, 5) is 15.0. The topological polar surface area (TPSA) is 32.3 Å². The van der Waals surface area contributed by atoms with E-state index in [1.165, 1.54) is 45.1 Å². The third-order valence-electron chi connectivity index (χ3n) is 5.64. The van der Waals surface area contributed by atoms with E-state index >= 15 is 0 Å². The van der Waals surface area contributed by atoms with Gasteiger partial charge in [-0.15, -0.1) is 0 Å². The van der Waals surface area contributed by atoms with E-state index in [2.05, 4.69) is 17.1 Å². The average molecular weight is 264 g/mol. The number of hydrogen-bond donors (Lipinski definition) is 1. The molecule has 3 rings (SSSR count). The normalized spacial score (nSPS) is 34.7. The summed E-state index contributed by atoms with van der Waals surface area (Å²) in [5.74, 6) is 1.15. The summed E-state index contributed by atoms with van der Waals surface area (Å²) in [6.45, 7) is 5.37. The van der Waals surface area contributed by atoms with Crippen LogP contribution in [0.25, 0.3) is 0 Å². The molecule has 0 aromatic carbocycles. The summed E-state index contributed by atoms with van der Waals surface area (Å²) < 4.78 is 0. The van der Waals surface area contributed by atoms with Crippen LogP contribution in [-0.4, -0.2) is 36.5 Å². The monoisotopic (exact) mass is 264 g/mol. The van der Waals surface area contributed by atoms with E-state index in [0.717, 1.165) is 25.9 Å². The molecule has 3 fully saturated rings. The van der Waals surface area contributed by atoms with Crippen molar-refractivity contribution in [3.8, 4) is 0 Å². The molecule has 2 unspecified atom stereocenters. The van der Waals surface area contributed by atoms with Gasteiger partial charge in [0, 0.05) is 24.5 Å². The quantitative estimate of drug-likeness (QED) is 0.831. The molecule has 0 spiro atoms. The Kier molecular flexibility index (Phi) is 3.84. The van der Waals surface area contributed by atoms with E-state index in [9.17, 15) is 4.79 Å². The molecule has 108 valence electrons. The molecule has 2 saturated heterocycles. The molecule has 0 aromatic heterocycles. The first-order valence-electron chi connectivity index (χ1n) is 8.22. The third kappa shape index (κ3) is 2.67. The molecule has 3 aliphatic rings. The van der Waals surface area contributed by atoms with Gasteiger partial charge in [0.15, 0.2) is 0 Å². The van der Waals surface area contributed by atoms with Gasteiger partial charge in [-0.25, -0.2) is 0 Å². The Labute approximate surface area is 117 Å². The lowest BCUT2D eigenvalue weighted by Gasteiger charge is -2.39. The molecule has 3 heteroatoms. The van der Waals surface area contributed by atoms with E-state index in [0.29, 0.717) is 17.9 Å².